The maximum absolute atomic E-state index is 16.5. The fourth-order valence-electron chi connectivity index (χ4n) is 20.8. The van der Waals surface area contributed by atoms with Gasteiger partial charge in [-0.15, -0.1) is 0 Å². The molecule has 0 saturated carbocycles. The first-order valence-corrected chi connectivity index (χ1v) is 45.7. The number of nitrogens with zero attached hydrogens (tertiary/aromatic N) is 18. The highest BCUT2D eigenvalue weighted by atomic mass is 35.5. The number of H-pyrrole nitrogens is 3. The number of pyridine rings is 9. The van der Waals surface area contributed by atoms with Crippen LogP contribution in [0.25, 0.3) is 117 Å². The number of benzene rings is 3. The number of imidazole rings is 3. The van der Waals surface area contributed by atoms with E-state index in [2.05, 4.69) is 93.5 Å². The van der Waals surface area contributed by atoms with Gasteiger partial charge < -0.3 is 54.4 Å². The molecule has 6 aliphatic heterocycles. The Bertz CT molecular complexity index is 7400. The molecule has 6 aliphatic rings. The number of aromatic amines is 3. The largest absolute Gasteiger partial charge is 0.484 e. The molecule has 18 heterocycles. The van der Waals surface area contributed by atoms with Crippen LogP contribution < -0.4 is 41.4 Å². The number of carbonyl (C=O) groups excluding carboxylic acids is 3. The molecule has 0 aliphatic carbocycles. The van der Waals surface area contributed by atoms with Crippen molar-refractivity contribution in [3.8, 4) is 56.6 Å². The Balaban J connectivity index is 0.000000129. The van der Waals surface area contributed by atoms with E-state index in [1.165, 1.54) is 34.9 Å². The molecular weight excluding hydrogens is 1720 g/mol. The number of amides is 3. The van der Waals surface area contributed by atoms with E-state index in [1.54, 1.807) is 56.5 Å². The number of halogens is 3. The van der Waals surface area contributed by atoms with Gasteiger partial charge in [-0.1, -0.05) is 91.1 Å². The van der Waals surface area contributed by atoms with Crippen LogP contribution in [0.4, 0.5) is 31.5 Å². The molecule has 3 fully saturated rings. The Morgan fingerprint density at radius 2 is 0.821 bits per heavy atom. The molecule has 32 heteroatoms. The minimum Gasteiger partial charge on any atom is -0.484 e. The first-order valence-electron chi connectivity index (χ1n) is 45.3. The number of ether oxygens (including phenoxy) is 1. The van der Waals surface area contributed by atoms with Crippen molar-refractivity contribution >= 4 is 118 Å². The van der Waals surface area contributed by atoms with Crippen LogP contribution in [0.1, 0.15) is 136 Å². The van der Waals surface area contributed by atoms with E-state index in [9.17, 15) is 28.8 Å². The monoisotopic (exact) mass is 1820 g/mol. The van der Waals surface area contributed by atoms with E-state index in [4.69, 9.17) is 36.3 Å². The first-order chi connectivity index (χ1) is 64.3. The van der Waals surface area contributed by atoms with Crippen LogP contribution >= 0.6 is 11.6 Å². The van der Waals surface area contributed by atoms with E-state index in [1.807, 2.05) is 156 Å². The number of carbonyl (C=O) groups is 3. The molecule has 3 saturated heterocycles. The molecule has 29 nitrogen and oxygen atoms in total. The molecule has 0 radical (unpaired) electrons. The number of rotatable bonds is 12. The minimum absolute atomic E-state index is 0.00603. The van der Waals surface area contributed by atoms with E-state index in [-0.39, 0.29) is 107 Å². The summed E-state index contributed by atoms with van der Waals surface area (Å²) in [5.41, 5.74) is 19.9. The van der Waals surface area contributed by atoms with E-state index in [0.29, 0.717) is 147 Å². The standard InChI is InChI=1S/C34H34ClN7O2.C34H35FN8O2.C34H34FN7O3/c1-7-26(43)40-15-21-12-23-32(41(21)14-20(40)6)22-13-24(35)29(27-18(4)8-9-25-30(27)38-16-37-25)39-33(22)42(34(23)44)31-19(5)10-11-36-28(31)17(2)3;1-7-25(44)41-15-21-13-37-30-32(42(21)14-20(41)6)22-12-23(35)28(26-18(4)8-9-24-29(26)39-16-38-24)40-33(22)43(34(30)45)31-19(5)10-11-36-27(31)17(2)3;1-7-25(43)40-14-21-15-45-32-31(41(21)13-20(40)6)22-12-23(35)28(26-18(4)8-9-24-29(26)38-16-37-24)39-33(22)42(34(32)44)30-19(5)10-11-36-27(30)17(2)3/h7-11,13,16-17,20-21H,1,12,14-15H2,2-6H3,(H,37,38);7-12,16-17,20-21,37H,1,13-15H2,2-6H3,(H,38,39);7-12,16-17,20-21H,1,13-15H2,2-6H3,(H,37,38). The van der Waals surface area contributed by atoms with Crippen LogP contribution in [0.5, 0.6) is 5.75 Å². The first kappa shape index (κ1) is 88.6. The maximum Gasteiger partial charge on any atom is 0.301 e. The van der Waals surface area contributed by atoms with Gasteiger partial charge in [-0.25, -0.2) is 38.7 Å². The van der Waals surface area contributed by atoms with Crippen LogP contribution in [0.3, 0.4) is 0 Å². The zero-order valence-electron chi connectivity index (χ0n) is 77.3. The maximum atomic E-state index is 16.5. The molecule has 684 valence electrons. The van der Waals surface area contributed by atoms with Crippen LogP contribution in [0, 0.1) is 53.2 Å². The summed E-state index contributed by atoms with van der Waals surface area (Å²) in [5, 5.41) is 5.59. The lowest BCUT2D eigenvalue weighted by Crippen LogP contribution is -2.62. The van der Waals surface area contributed by atoms with Crippen LogP contribution in [-0.2, 0) is 20.8 Å². The number of anilines is 4. The van der Waals surface area contributed by atoms with Gasteiger partial charge in [0, 0.05) is 127 Å². The number of nitrogens with one attached hydrogen (secondary N) is 4. The fraction of sp³-hybridized carbons (Fsp3) is 0.324. The Morgan fingerprint density at radius 1 is 0.448 bits per heavy atom. The summed E-state index contributed by atoms with van der Waals surface area (Å²) in [6.07, 6.45) is 14.6. The van der Waals surface area contributed by atoms with Crippen LogP contribution in [-0.4, -0.2) is 195 Å². The lowest BCUT2D eigenvalue weighted by molar-refractivity contribution is -0.129. The topological polar surface area (TPSA) is 321 Å². The summed E-state index contributed by atoms with van der Waals surface area (Å²) in [4.78, 5) is 146. The third kappa shape index (κ3) is 14.4. The zero-order chi connectivity index (χ0) is 94.5. The van der Waals surface area contributed by atoms with E-state index in [0.717, 1.165) is 94.9 Å². The number of aryl methyl sites for hydroxylation is 6. The lowest BCUT2D eigenvalue weighted by Gasteiger charge is -2.49. The highest BCUT2D eigenvalue weighted by Crippen LogP contribution is 2.49. The second-order valence-electron chi connectivity index (χ2n) is 36.9. The van der Waals surface area contributed by atoms with Crippen molar-refractivity contribution in [2.24, 2.45) is 0 Å². The van der Waals surface area contributed by atoms with Crippen molar-refractivity contribution in [3.63, 3.8) is 0 Å². The van der Waals surface area contributed by atoms with Gasteiger partial charge in [0.05, 0.1) is 132 Å². The number of hydrogen-bond donors (Lipinski definition) is 4. The van der Waals surface area contributed by atoms with Crippen LogP contribution in [0.15, 0.2) is 163 Å². The average molecular weight is 1820 g/mol. The second-order valence-corrected chi connectivity index (χ2v) is 37.3. The summed E-state index contributed by atoms with van der Waals surface area (Å²) >= 11 is 7.13. The van der Waals surface area contributed by atoms with Crippen molar-refractivity contribution in [2.45, 2.75) is 164 Å². The fourth-order valence-corrected chi connectivity index (χ4v) is 21.0. The minimum atomic E-state index is -0.545. The molecule has 3 amide bonds. The number of aromatic nitrogens is 15. The van der Waals surface area contributed by atoms with Gasteiger partial charge in [0.25, 0.3) is 11.1 Å². The summed E-state index contributed by atoms with van der Waals surface area (Å²) < 4.78 is 44.1. The summed E-state index contributed by atoms with van der Waals surface area (Å²) in [7, 11) is 0. The predicted octanol–water partition coefficient (Wildman–Crippen LogP) is 16.3. The molecule has 4 N–H and O–H groups in total. The van der Waals surface area contributed by atoms with Crippen molar-refractivity contribution in [1.82, 2.24) is 88.2 Å². The number of fused-ring (bicyclic) bond motifs is 18. The zero-order valence-corrected chi connectivity index (χ0v) is 78.1. The lowest BCUT2D eigenvalue weighted by atomic mass is 9.98. The molecule has 6 atom stereocenters. The Kier molecular flexibility index (Phi) is 22.6. The van der Waals surface area contributed by atoms with Gasteiger partial charge in [0.2, 0.25) is 23.5 Å². The SMILES string of the molecule is C=CC(=O)N1CC2CNc3c(c4cc(F)c(-c5c(C)ccc6[nH]cnc56)nc4n(-c4c(C)ccnc4C(C)C)c3=O)N2CC1C.C=CC(=O)N1CC2COc3c(c4cc(F)c(-c5c(C)ccc6[nH]cnc56)nc4n(-c4c(C)ccnc4C(C)C)c3=O)N2CC1C.C=CC(=O)N1CC2Cc3c(c4cc(Cl)c(-c5c(C)ccc6[nH]cnc56)nc4n(-c4c(C)ccnc4C(C)C)c3=O)N2CC1C. The average Bonchev–Trinajstić information content (AvgIpc) is 1.69. The highest BCUT2D eigenvalue weighted by molar-refractivity contribution is 6.34. The van der Waals surface area contributed by atoms with Gasteiger partial charge in [0.1, 0.15) is 41.0 Å². The normalized spacial score (nSPS) is 17.9. The van der Waals surface area contributed by atoms with E-state index < -0.39 is 17.2 Å². The molecule has 15 aromatic rings. The predicted molar refractivity (Wildman–Crippen MR) is 521 cm³/mol. The molecule has 12 aromatic heterocycles. The second kappa shape index (κ2) is 34.2. The summed E-state index contributed by atoms with van der Waals surface area (Å²) in [5.74, 6) is -1.27. The molecular formula is C102H103ClF2N22O7. The van der Waals surface area contributed by atoms with E-state index >= 15 is 8.78 Å². The highest BCUT2D eigenvalue weighted by Gasteiger charge is 2.46. The van der Waals surface area contributed by atoms with Gasteiger partial charge in [-0.05, 0) is 186 Å². The Hall–Kier alpha value is -14.6. The number of hydrogen-bond acceptors (Lipinski definition) is 20. The number of piperazine rings is 3. The van der Waals surface area contributed by atoms with Crippen molar-refractivity contribution in [2.75, 3.05) is 72.4 Å². The molecule has 3 aromatic carbocycles. The van der Waals surface area contributed by atoms with Crippen molar-refractivity contribution in [1.29, 1.82) is 0 Å². The molecule has 134 heavy (non-hydrogen) atoms. The molecule has 21 rings (SSSR count). The van der Waals surface area contributed by atoms with Gasteiger partial charge in [-0.3, -0.25) is 57.4 Å². The molecule has 6 unspecified atom stereocenters. The molecule has 0 bridgehead atoms. The summed E-state index contributed by atoms with van der Waals surface area (Å²) in [6, 6.07) is 21.4. The Labute approximate surface area is 775 Å². The summed E-state index contributed by atoms with van der Waals surface area (Å²) in [6.45, 7) is 44.4. The molecule has 0 spiro atoms. The van der Waals surface area contributed by atoms with Gasteiger partial charge in [-0.2, -0.15) is 0 Å². The van der Waals surface area contributed by atoms with Gasteiger partial charge in [0.15, 0.2) is 11.3 Å². The quantitative estimate of drug-likeness (QED) is 0.0826. The third-order valence-corrected chi connectivity index (χ3v) is 27.6. The van der Waals surface area contributed by atoms with Crippen molar-refractivity contribution < 1.29 is 27.9 Å². The Morgan fingerprint density at radius 3 is 1.25 bits per heavy atom. The third-order valence-electron chi connectivity index (χ3n) is 27.3. The van der Waals surface area contributed by atoms with Gasteiger partial charge >= 0.3 is 5.56 Å². The van der Waals surface area contributed by atoms with Crippen molar-refractivity contribution in [3.05, 3.63) is 252 Å². The smallest absolute Gasteiger partial charge is 0.301 e. The van der Waals surface area contributed by atoms with Crippen LogP contribution in [0.2, 0.25) is 5.02 Å².